The molecule has 0 fully saturated rings. The Kier molecular flexibility index (Phi) is 4.53. The van der Waals surface area contributed by atoms with Crippen LogP contribution in [0.3, 0.4) is 0 Å². The Labute approximate surface area is 98.3 Å². The predicted octanol–water partition coefficient (Wildman–Crippen LogP) is 3.01. The zero-order valence-corrected chi connectivity index (χ0v) is 10.7. The monoisotopic (exact) mass is 219 g/mol. The molecule has 0 unspecified atom stereocenters. The third kappa shape index (κ3) is 2.63. The lowest BCUT2D eigenvalue weighted by atomic mass is 9.98. The van der Waals surface area contributed by atoms with E-state index < -0.39 is 0 Å². The highest BCUT2D eigenvalue weighted by Gasteiger charge is 2.23. The second-order valence-corrected chi connectivity index (χ2v) is 4.06. The number of carbonyl (C=O) groups excluding carboxylic acids is 1. The van der Waals surface area contributed by atoms with Crippen molar-refractivity contribution in [3.05, 3.63) is 35.4 Å². The Hall–Kier alpha value is -1.31. The molecule has 0 bridgehead atoms. The maximum absolute atomic E-state index is 11.7. The molecule has 0 atom stereocenters. The second kappa shape index (κ2) is 5.69. The van der Waals surface area contributed by atoms with Gasteiger partial charge in [0.1, 0.15) is 0 Å². The zero-order valence-electron chi connectivity index (χ0n) is 10.7. The molecule has 1 heterocycles. The molecule has 2 heteroatoms. The molecule has 2 rings (SSSR count). The fourth-order valence-electron chi connectivity index (χ4n) is 1.89. The summed E-state index contributed by atoms with van der Waals surface area (Å²) < 4.78 is 0. The number of fused-ring (bicyclic) bond motifs is 1. The Morgan fingerprint density at radius 2 is 1.69 bits per heavy atom. The standard InChI is InChI=1S/C12H15NO.C2H6/c1-9(2)13-8-11-6-4-3-5-10(11)7-12(13)14;1-2/h3-6,9H,7-8H2,1-2H3;1-2H3. The average Bonchev–Trinajstić information content (AvgIpc) is 2.30. The largest absolute Gasteiger partial charge is 0.336 e. The molecule has 0 saturated carbocycles. The molecule has 0 aromatic heterocycles. The maximum Gasteiger partial charge on any atom is 0.227 e. The van der Waals surface area contributed by atoms with E-state index >= 15 is 0 Å². The van der Waals surface area contributed by atoms with Crippen molar-refractivity contribution in [2.75, 3.05) is 0 Å². The van der Waals surface area contributed by atoms with Crippen LogP contribution in [0, 0.1) is 0 Å². The van der Waals surface area contributed by atoms with Gasteiger partial charge in [0.15, 0.2) is 0 Å². The molecule has 1 amide bonds. The molecule has 0 saturated heterocycles. The van der Waals surface area contributed by atoms with E-state index in [0.29, 0.717) is 12.5 Å². The van der Waals surface area contributed by atoms with E-state index in [1.807, 2.05) is 36.9 Å². The summed E-state index contributed by atoms with van der Waals surface area (Å²) in [6, 6.07) is 8.49. The Bertz CT molecular complexity index is 358. The molecule has 0 N–H and O–H groups in total. The van der Waals surface area contributed by atoms with Crippen LogP contribution in [0.4, 0.5) is 0 Å². The van der Waals surface area contributed by atoms with E-state index in [1.165, 1.54) is 11.1 Å². The Morgan fingerprint density at radius 3 is 2.25 bits per heavy atom. The van der Waals surface area contributed by atoms with E-state index in [9.17, 15) is 4.79 Å². The Balaban J connectivity index is 0.000000606. The van der Waals surface area contributed by atoms with Gasteiger partial charge < -0.3 is 4.90 Å². The first-order chi connectivity index (χ1) is 7.68. The third-order valence-electron chi connectivity index (χ3n) is 2.74. The van der Waals surface area contributed by atoms with Gasteiger partial charge in [-0.2, -0.15) is 0 Å². The minimum atomic E-state index is 0.249. The zero-order chi connectivity index (χ0) is 12.1. The van der Waals surface area contributed by atoms with Crippen molar-refractivity contribution >= 4 is 5.91 Å². The highest BCUT2D eigenvalue weighted by Crippen LogP contribution is 2.20. The van der Waals surface area contributed by atoms with Crippen LogP contribution in [0.5, 0.6) is 0 Å². The van der Waals surface area contributed by atoms with E-state index in [4.69, 9.17) is 0 Å². The van der Waals surface area contributed by atoms with E-state index in [2.05, 4.69) is 19.9 Å². The fraction of sp³-hybridized carbons (Fsp3) is 0.500. The predicted molar refractivity (Wildman–Crippen MR) is 67.2 cm³/mol. The molecular formula is C14H21NO. The first-order valence-electron chi connectivity index (χ1n) is 6.04. The summed E-state index contributed by atoms with van der Waals surface area (Å²) in [5.41, 5.74) is 2.48. The smallest absolute Gasteiger partial charge is 0.227 e. The van der Waals surface area contributed by atoms with Gasteiger partial charge in [0.25, 0.3) is 0 Å². The van der Waals surface area contributed by atoms with Crippen LogP contribution >= 0.6 is 0 Å². The summed E-state index contributed by atoms with van der Waals surface area (Å²) in [5, 5.41) is 0. The van der Waals surface area contributed by atoms with Crippen molar-refractivity contribution in [2.24, 2.45) is 0 Å². The van der Waals surface area contributed by atoms with Gasteiger partial charge in [-0.25, -0.2) is 0 Å². The fourth-order valence-corrected chi connectivity index (χ4v) is 1.89. The number of benzene rings is 1. The van der Waals surface area contributed by atoms with Gasteiger partial charge in [0, 0.05) is 12.6 Å². The number of hydrogen-bond donors (Lipinski definition) is 0. The van der Waals surface area contributed by atoms with E-state index in [1.54, 1.807) is 0 Å². The topological polar surface area (TPSA) is 20.3 Å². The van der Waals surface area contributed by atoms with Crippen molar-refractivity contribution in [1.29, 1.82) is 0 Å². The molecule has 0 radical (unpaired) electrons. The van der Waals surface area contributed by atoms with Gasteiger partial charge in [-0.3, -0.25) is 4.79 Å². The van der Waals surface area contributed by atoms with Gasteiger partial charge in [0.2, 0.25) is 5.91 Å². The van der Waals surface area contributed by atoms with Gasteiger partial charge in [-0.05, 0) is 25.0 Å². The SMILES string of the molecule is CC.CC(C)N1Cc2ccccc2CC1=O. The van der Waals surface area contributed by atoms with Crippen LogP contribution < -0.4 is 0 Å². The summed E-state index contributed by atoms with van der Waals surface area (Å²) in [6.45, 7) is 8.89. The summed E-state index contributed by atoms with van der Waals surface area (Å²) >= 11 is 0. The van der Waals surface area contributed by atoms with Crippen LogP contribution in [-0.2, 0) is 17.8 Å². The molecule has 0 aliphatic carbocycles. The van der Waals surface area contributed by atoms with Gasteiger partial charge in [-0.1, -0.05) is 38.1 Å². The average molecular weight is 219 g/mol. The van der Waals surface area contributed by atoms with Crippen LogP contribution in [0.2, 0.25) is 0 Å². The van der Waals surface area contributed by atoms with E-state index in [-0.39, 0.29) is 5.91 Å². The summed E-state index contributed by atoms with van der Waals surface area (Å²) in [7, 11) is 0. The lowest BCUT2D eigenvalue weighted by Gasteiger charge is -2.31. The lowest BCUT2D eigenvalue weighted by Crippen LogP contribution is -2.40. The van der Waals surface area contributed by atoms with E-state index in [0.717, 1.165) is 6.54 Å². The molecular weight excluding hydrogens is 198 g/mol. The maximum atomic E-state index is 11.7. The minimum absolute atomic E-state index is 0.249. The van der Waals surface area contributed by atoms with Crippen LogP contribution in [0.1, 0.15) is 38.8 Å². The number of hydrogen-bond acceptors (Lipinski definition) is 1. The second-order valence-electron chi connectivity index (χ2n) is 4.06. The molecule has 1 aromatic carbocycles. The van der Waals surface area contributed by atoms with Crippen LogP contribution in [0.15, 0.2) is 24.3 Å². The summed E-state index contributed by atoms with van der Waals surface area (Å²) in [5.74, 6) is 0.249. The summed E-state index contributed by atoms with van der Waals surface area (Å²) in [6.07, 6.45) is 0.564. The first-order valence-corrected chi connectivity index (χ1v) is 6.04. The lowest BCUT2D eigenvalue weighted by molar-refractivity contribution is -0.133. The first kappa shape index (κ1) is 12.8. The van der Waals surface area contributed by atoms with Gasteiger partial charge >= 0.3 is 0 Å². The third-order valence-corrected chi connectivity index (χ3v) is 2.74. The highest BCUT2D eigenvalue weighted by atomic mass is 16.2. The number of carbonyl (C=O) groups is 1. The molecule has 1 aliphatic rings. The number of nitrogens with zero attached hydrogens (tertiary/aromatic N) is 1. The molecule has 16 heavy (non-hydrogen) atoms. The number of rotatable bonds is 1. The molecule has 88 valence electrons. The van der Waals surface area contributed by atoms with Crippen molar-refractivity contribution in [3.63, 3.8) is 0 Å². The van der Waals surface area contributed by atoms with Crippen molar-refractivity contribution in [1.82, 2.24) is 4.90 Å². The Morgan fingerprint density at radius 1 is 1.12 bits per heavy atom. The summed E-state index contributed by atoms with van der Waals surface area (Å²) in [4.78, 5) is 13.7. The van der Waals surface area contributed by atoms with Crippen molar-refractivity contribution < 1.29 is 4.79 Å². The molecule has 2 nitrogen and oxygen atoms in total. The minimum Gasteiger partial charge on any atom is -0.336 e. The van der Waals surface area contributed by atoms with Crippen LogP contribution in [0.25, 0.3) is 0 Å². The molecule has 1 aromatic rings. The quantitative estimate of drug-likeness (QED) is 0.711. The van der Waals surface area contributed by atoms with Crippen molar-refractivity contribution in [3.8, 4) is 0 Å². The molecule has 1 aliphatic heterocycles. The molecule has 0 spiro atoms. The normalized spacial score (nSPS) is 14.3. The van der Waals surface area contributed by atoms with Crippen LogP contribution in [-0.4, -0.2) is 16.8 Å². The number of amides is 1. The van der Waals surface area contributed by atoms with Gasteiger partial charge in [-0.15, -0.1) is 0 Å². The van der Waals surface area contributed by atoms with Gasteiger partial charge in [0.05, 0.1) is 6.42 Å². The van der Waals surface area contributed by atoms with Crippen molar-refractivity contribution in [2.45, 2.75) is 46.7 Å². The highest BCUT2D eigenvalue weighted by molar-refractivity contribution is 5.81.